The maximum Gasteiger partial charge on any atom is 0.338 e. The monoisotopic (exact) mass is 419 g/mol. The first-order valence-corrected chi connectivity index (χ1v) is 10.7. The number of urea groups is 1. The van der Waals surface area contributed by atoms with Gasteiger partial charge in [0, 0.05) is 23.1 Å². The summed E-state index contributed by atoms with van der Waals surface area (Å²) in [4.78, 5) is 48.7. The van der Waals surface area contributed by atoms with Gasteiger partial charge in [-0.15, -0.1) is 11.8 Å². The molecule has 1 heterocycles. The van der Waals surface area contributed by atoms with Crippen LogP contribution in [0, 0.1) is 5.92 Å². The van der Waals surface area contributed by atoms with E-state index >= 15 is 0 Å². The minimum absolute atomic E-state index is 0.0479. The van der Waals surface area contributed by atoms with E-state index in [0.29, 0.717) is 23.8 Å². The van der Waals surface area contributed by atoms with E-state index in [0.717, 1.165) is 30.6 Å². The zero-order chi connectivity index (χ0) is 20.8. The normalized spacial score (nSPS) is 21.2. The molecule has 1 aromatic rings. The first-order valence-electron chi connectivity index (χ1n) is 9.76. The molecule has 1 aliphatic carbocycles. The second-order valence-corrected chi connectivity index (χ2v) is 8.46. The lowest BCUT2D eigenvalue weighted by atomic mass is 9.86. The fraction of sp³-hybridized carbons (Fsp3) is 0.500. The van der Waals surface area contributed by atoms with Crippen molar-refractivity contribution >= 4 is 41.3 Å². The van der Waals surface area contributed by atoms with Crippen molar-refractivity contribution in [1.82, 2.24) is 10.6 Å². The number of carbonyl (C=O) groups excluding carboxylic acids is 4. The number of esters is 1. The molecule has 0 spiro atoms. The topological polar surface area (TPSA) is 114 Å². The van der Waals surface area contributed by atoms with Gasteiger partial charge in [-0.25, -0.2) is 9.59 Å². The summed E-state index contributed by atoms with van der Waals surface area (Å²) < 4.78 is 5.00. The van der Waals surface area contributed by atoms with Gasteiger partial charge in [0.1, 0.15) is 0 Å². The van der Waals surface area contributed by atoms with Gasteiger partial charge in [-0.3, -0.25) is 14.9 Å². The van der Waals surface area contributed by atoms with E-state index < -0.39 is 24.5 Å². The summed E-state index contributed by atoms with van der Waals surface area (Å²) in [5.74, 6) is -0.468. The van der Waals surface area contributed by atoms with Crippen molar-refractivity contribution in [2.24, 2.45) is 5.92 Å². The Kier molecular flexibility index (Phi) is 7.13. The molecule has 0 aromatic heterocycles. The van der Waals surface area contributed by atoms with Crippen LogP contribution in [0.3, 0.4) is 0 Å². The number of carbonyl (C=O) groups is 4. The molecule has 0 radical (unpaired) electrons. The van der Waals surface area contributed by atoms with Crippen LogP contribution in [0.15, 0.2) is 23.1 Å². The van der Waals surface area contributed by atoms with E-state index in [1.165, 1.54) is 17.8 Å². The van der Waals surface area contributed by atoms with Crippen LogP contribution in [0.1, 0.15) is 49.4 Å². The highest BCUT2D eigenvalue weighted by atomic mass is 32.2. The average molecular weight is 420 g/mol. The Morgan fingerprint density at radius 2 is 2.03 bits per heavy atom. The molecule has 156 valence electrons. The number of anilines is 1. The Morgan fingerprint density at radius 3 is 2.83 bits per heavy atom. The zero-order valence-electron chi connectivity index (χ0n) is 16.3. The van der Waals surface area contributed by atoms with Gasteiger partial charge in [0.05, 0.1) is 11.3 Å². The summed E-state index contributed by atoms with van der Waals surface area (Å²) in [7, 11) is 0. The fourth-order valence-corrected chi connectivity index (χ4v) is 4.40. The minimum Gasteiger partial charge on any atom is -0.452 e. The second-order valence-electron chi connectivity index (χ2n) is 7.32. The van der Waals surface area contributed by atoms with Crippen LogP contribution < -0.4 is 16.0 Å². The number of imide groups is 1. The number of ether oxygens (including phenoxy) is 1. The van der Waals surface area contributed by atoms with Gasteiger partial charge in [-0.2, -0.15) is 0 Å². The maximum absolute atomic E-state index is 12.2. The lowest BCUT2D eigenvalue weighted by Crippen LogP contribution is -2.48. The molecule has 4 amide bonds. The number of nitrogens with one attached hydrogen (secondary N) is 3. The molecular weight excluding hydrogens is 394 g/mol. The van der Waals surface area contributed by atoms with E-state index in [-0.39, 0.29) is 17.5 Å². The third-order valence-electron chi connectivity index (χ3n) is 5.09. The number of hydrogen-bond donors (Lipinski definition) is 3. The molecule has 3 rings (SSSR count). The third-order valence-corrected chi connectivity index (χ3v) is 6.17. The van der Waals surface area contributed by atoms with Gasteiger partial charge >= 0.3 is 12.0 Å². The molecule has 2 atom stereocenters. The maximum atomic E-state index is 12.2. The van der Waals surface area contributed by atoms with Crippen LogP contribution in [0.5, 0.6) is 0 Å². The van der Waals surface area contributed by atoms with Crippen LogP contribution in [0.4, 0.5) is 10.5 Å². The summed E-state index contributed by atoms with van der Waals surface area (Å²) in [6.45, 7) is 1.51. The predicted molar refractivity (Wildman–Crippen MR) is 109 cm³/mol. The number of amides is 4. The summed E-state index contributed by atoms with van der Waals surface area (Å²) in [6, 6.07) is 4.33. The van der Waals surface area contributed by atoms with Crippen molar-refractivity contribution in [1.29, 1.82) is 0 Å². The zero-order valence-corrected chi connectivity index (χ0v) is 17.1. The van der Waals surface area contributed by atoms with E-state index in [1.807, 2.05) is 0 Å². The molecule has 1 aliphatic heterocycles. The molecule has 29 heavy (non-hydrogen) atoms. The SMILES string of the molecule is C[C@H]1CCCC[C@@H]1NC(=O)NC(=O)COC(=O)c1ccc2c(c1)NC(=O)CCS2. The smallest absolute Gasteiger partial charge is 0.338 e. The molecule has 3 N–H and O–H groups in total. The average Bonchev–Trinajstić information content (AvgIpc) is 2.87. The first kappa shape index (κ1) is 21.2. The lowest BCUT2D eigenvalue weighted by Gasteiger charge is -2.29. The van der Waals surface area contributed by atoms with Gasteiger partial charge in [-0.1, -0.05) is 19.8 Å². The molecule has 0 unspecified atom stereocenters. The Hall–Kier alpha value is -2.55. The highest BCUT2D eigenvalue weighted by Gasteiger charge is 2.23. The van der Waals surface area contributed by atoms with E-state index in [9.17, 15) is 19.2 Å². The number of fused-ring (bicyclic) bond motifs is 1. The number of rotatable bonds is 4. The number of thioether (sulfide) groups is 1. The van der Waals surface area contributed by atoms with Gasteiger partial charge in [0.15, 0.2) is 6.61 Å². The summed E-state index contributed by atoms with van der Waals surface area (Å²) in [6.07, 6.45) is 4.56. The Balaban J connectivity index is 1.48. The Labute approximate surface area is 173 Å². The molecule has 0 bridgehead atoms. The molecule has 9 heteroatoms. The van der Waals surface area contributed by atoms with Crippen molar-refractivity contribution in [3.05, 3.63) is 23.8 Å². The summed E-state index contributed by atoms with van der Waals surface area (Å²) >= 11 is 1.53. The van der Waals surface area contributed by atoms with E-state index in [2.05, 4.69) is 22.9 Å². The standard InChI is InChI=1S/C20H25N3O5S/c1-12-4-2-3-5-14(12)22-20(27)23-18(25)11-28-19(26)13-6-7-16-15(10-13)21-17(24)8-9-29-16/h6-7,10,12,14H,2-5,8-9,11H2,1H3,(H,21,24)(H2,22,23,25,27)/t12-,14-/m0/s1. The van der Waals surface area contributed by atoms with Crippen molar-refractivity contribution < 1.29 is 23.9 Å². The van der Waals surface area contributed by atoms with Crippen LogP contribution in [-0.2, 0) is 14.3 Å². The van der Waals surface area contributed by atoms with E-state index in [4.69, 9.17) is 4.74 Å². The first-order chi connectivity index (χ1) is 13.9. The molecule has 0 saturated heterocycles. The van der Waals surface area contributed by atoms with E-state index in [1.54, 1.807) is 12.1 Å². The largest absolute Gasteiger partial charge is 0.452 e. The van der Waals surface area contributed by atoms with Crippen LogP contribution in [0.2, 0.25) is 0 Å². The number of hydrogen-bond acceptors (Lipinski definition) is 6. The van der Waals surface area contributed by atoms with Gasteiger partial charge in [-0.05, 0) is 37.0 Å². The Morgan fingerprint density at radius 1 is 1.24 bits per heavy atom. The predicted octanol–water partition coefficient (Wildman–Crippen LogP) is 2.68. The molecular formula is C20H25N3O5S. The Bertz CT molecular complexity index is 813. The quantitative estimate of drug-likeness (QED) is 0.647. The molecule has 8 nitrogen and oxygen atoms in total. The highest BCUT2D eigenvalue weighted by molar-refractivity contribution is 7.99. The minimum atomic E-state index is -0.701. The van der Waals surface area contributed by atoms with Crippen LogP contribution in [-0.4, -0.2) is 42.2 Å². The third kappa shape index (κ3) is 5.96. The van der Waals surface area contributed by atoms with Gasteiger partial charge in [0.2, 0.25) is 5.91 Å². The van der Waals surface area contributed by atoms with Crippen molar-refractivity contribution in [2.45, 2.75) is 50.0 Å². The van der Waals surface area contributed by atoms with Crippen LogP contribution >= 0.6 is 11.8 Å². The van der Waals surface area contributed by atoms with Gasteiger partial charge in [0.25, 0.3) is 5.91 Å². The van der Waals surface area contributed by atoms with Crippen molar-refractivity contribution in [2.75, 3.05) is 17.7 Å². The van der Waals surface area contributed by atoms with Gasteiger partial charge < -0.3 is 15.4 Å². The highest BCUT2D eigenvalue weighted by Crippen LogP contribution is 2.31. The number of benzene rings is 1. The summed E-state index contributed by atoms with van der Waals surface area (Å²) in [5, 5.41) is 7.75. The van der Waals surface area contributed by atoms with Crippen molar-refractivity contribution in [3.8, 4) is 0 Å². The lowest BCUT2D eigenvalue weighted by molar-refractivity contribution is -0.123. The molecule has 2 aliphatic rings. The molecule has 1 saturated carbocycles. The fourth-order valence-electron chi connectivity index (χ4n) is 3.46. The van der Waals surface area contributed by atoms with Crippen molar-refractivity contribution in [3.63, 3.8) is 0 Å². The van der Waals surface area contributed by atoms with Crippen LogP contribution in [0.25, 0.3) is 0 Å². The summed E-state index contributed by atoms with van der Waals surface area (Å²) in [5.41, 5.74) is 0.775. The molecule has 1 aromatic carbocycles. The second kappa shape index (κ2) is 9.78. The molecule has 1 fully saturated rings.